The molecule has 0 aliphatic heterocycles. The lowest BCUT2D eigenvalue weighted by molar-refractivity contribution is 0.154. The molecule has 21 heavy (non-hydrogen) atoms. The number of hydrogen-bond acceptors (Lipinski definition) is 3. The van der Waals surface area contributed by atoms with Gasteiger partial charge in [0.15, 0.2) is 0 Å². The monoisotopic (exact) mass is 292 g/mol. The van der Waals surface area contributed by atoms with E-state index in [9.17, 15) is 0 Å². The minimum absolute atomic E-state index is 0.491. The van der Waals surface area contributed by atoms with Gasteiger partial charge in [-0.25, -0.2) is 0 Å². The molecule has 0 radical (unpaired) electrons. The molecule has 0 bridgehead atoms. The van der Waals surface area contributed by atoms with Crippen LogP contribution in [0.25, 0.3) is 0 Å². The zero-order valence-electron chi connectivity index (χ0n) is 14.4. The van der Waals surface area contributed by atoms with Crippen LogP contribution in [0.4, 0.5) is 0 Å². The Morgan fingerprint density at radius 1 is 1.29 bits per heavy atom. The fraction of sp³-hybridized carbons (Fsp3) is 0.778. The van der Waals surface area contributed by atoms with Crippen LogP contribution in [0.3, 0.4) is 0 Å². The Morgan fingerprint density at radius 2 is 1.95 bits per heavy atom. The highest BCUT2D eigenvalue weighted by Crippen LogP contribution is 2.27. The minimum Gasteiger partial charge on any atom is -0.463 e. The maximum atomic E-state index is 6.04. The molecule has 1 aliphatic rings. The summed E-state index contributed by atoms with van der Waals surface area (Å²) in [5.41, 5.74) is 1.27. The molecule has 0 unspecified atom stereocenters. The van der Waals surface area contributed by atoms with Crippen molar-refractivity contribution < 1.29 is 4.42 Å². The normalized spacial score (nSPS) is 23.2. The fourth-order valence-corrected chi connectivity index (χ4v) is 3.20. The van der Waals surface area contributed by atoms with Gasteiger partial charge >= 0.3 is 0 Å². The Kier molecular flexibility index (Phi) is 5.88. The van der Waals surface area contributed by atoms with Crippen LogP contribution in [0.2, 0.25) is 0 Å². The first-order valence-corrected chi connectivity index (χ1v) is 8.47. The van der Waals surface area contributed by atoms with Crippen LogP contribution < -0.4 is 5.32 Å². The summed E-state index contributed by atoms with van der Waals surface area (Å²) >= 11 is 0. The number of nitrogens with zero attached hydrogens (tertiary/aromatic N) is 1. The molecule has 1 heterocycles. The Labute approximate surface area is 130 Å². The topological polar surface area (TPSA) is 28.4 Å². The zero-order chi connectivity index (χ0) is 15.4. The maximum Gasteiger partial charge on any atom is 0.120 e. The summed E-state index contributed by atoms with van der Waals surface area (Å²) in [7, 11) is 2.24. The highest BCUT2D eigenvalue weighted by molar-refractivity contribution is 5.20. The molecule has 1 aliphatic carbocycles. The molecule has 1 aromatic rings. The predicted molar refractivity (Wildman–Crippen MR) is 88.3 cm³/mol. The van der Waals surface area contributed by atoms with Crippen LogP contribution >= 0.6 is 0 Å². The van der Waals surface area contributed by atoms with Gasteiger partial charge in [-0.15, -0.1) is 0 Å². The second-order valence-corrected chi connectivity index (χ2v) is 7.18. The number of furan rings is 1. The molecular formula is C18H32N2O. The molecule has 1 aromatic heterocycles. The Bertz CT molecular complexity index is 430. The molecule has 0 atom stereocenters. The molecule has 2 rings (SSSR count). The van der Waals surface area contributed by atoms with Gasteiger partial charge in [0.1, 0.15) is 11.5 Å². The molecule has 0 spiro atoms. The summed E-state index contributed by atoms with van der Waals surface area (Å²) in [6.45, 7) is 10.6. The van der Waals surface area contributed by atoms with Crippen LogP contribution in [-0.4, -0.2) is 24.0 Å². The van der Waals surface area contributed by atoms with Crippen LogP contribution in [-0.2, 0) is 13.1 Å². The molecule has 1 saturated carbocycles. The van der Waals surface area contributed by atoms with Crippen molar-refractivity contribution in [1.82, 2.24) is 10.2 Å². The molecule has 0 amide bonds. The lowest BCUT2D eigenvalue weighted by atomic mass is 9.87. The van der Waals surface area contributed by atoms with E-state index < -0.39 is 0 Å². The van der Waals surface area contributed by atoms with E-state index in [2.05, 4.69) is 51.0 Å². The highest BCUT2D eigenvalue weighted by Gasteiger charge is 2.22. The first kappa shape index (κ1) is 16.6. The zero-order valence-corrected chi connectivity index (χ0v) is 14.4. The summed E-state index contributed by atoms with van der Waals surface area (Å²) in [6, 6.07) is 3.42. The van der Waals surface area contributed by atoms with Crippen LogP contribution in [0.5, 0.6) is 0 Å². The maximum absolute atomic E-state index is 6.04. The smallest absolute Gasteiger partial charge is 0.120 e. The molecule has 1 fully saturated rings. The average molecular weight is 292 g/mol. The Balaban J connectivity index is 1.88. The molecule has 120 valence electrons. The van der Waals surface area contributed by atoms with Gasteiger partial charge in [0.25, 0.3) is 0 Å². The molecular weight excluding hydrogens is 260 g/mol. The van der Waals surface area contributed by atoms with Crippen LogP contribution in [0.15, 0.2) is 10.5 Å². The van der Waals surface area contributed by atoms with Crippen molar-refractivity contribution in [1.29, 1.82) is 0 Å². The summed E-state index contributed by atoms with van der Waals surface area (Å²) in [5.74, 6) is 3.10. The first-order chi connectivity index (χ1) is 9.95. The highest BCUT2D eigenvalue weighted by atomic mass is 16.3. The quantitative estimate of drug-likeness (QED) is 0.856. The molecule has 0 saturated heterocycles. The largest absolute Gasteiger partial charge is 0.463 e. The van der Waals surface area contributed by atoms with Gasteiger partial charge in [-0.05, 0) is 57.2 Å². The third-order valence-corrected chi connectivity index (χ3v) is 4.76. The SMILES string of the molecule is Cc1cc(CN(C)C2CCC(C)CC2)oc1CNC(C)C. The third kappa shape index (κ3) is 4.86. The Hall–Kier alpha value is -0.800. The summed E-state index contributed by atoms with van der Waals surface area (Å²) < 4.78 is 6.04. The van der Waals surface area contributed by atoms with Gasteiger partial charge in [-0.1, -0.05) is 20.8 Å². The van der Waals surface area contributed by atoms with Gasteiger partial charge in [-0.2, -0.15) is 0 Å². The van der Waals surface area contributed by atoms with Gasteiger partial charge in [0.2, 0.25) is 0 Å². The summed E-state index contributed by atoms with van der Waals surface area (Å²) in [5, 5.41) is 3.43. The summed E-state index contributed by atoms with van der Waals surface area (Å²) in [6.07, 6.45) is 5.41. The number of rotatable bonds is 6. The van der Waals surface area contributed by atoms with Gasteiger partial charge in [0.05, 0.1) is 13.1 Å². The van der Waals surface area contributed by atoms with E-state index >= 15 is 0 Å². The fourth-order valence-electron chi connectivity index (χ4n) is 3.20. The first-order valence-electron chi connectivity index (χ1n) is 8.47. The van der Waals surface area contributed by atoms with Crippen molar-refractivity contribution in [3.8, 4) is 0 Å². The average Bonchev–Trinajstić information content (AvgIpc) is 2.77. The van der Waals surface area contributed by atoms with E-state index in [1.54, 1.807) is 0 Å². The van der Waals surface area contributed by atoms with Gasteiger partial charge < -0.3 is 9.73 Å². The van der Waals surface area contributed by atoms with Crippen molar-refractivity contribution in [2.45, 2.75) is 78.6 Å². The number of aryl methyl sites for hydroxylation is 1. The van der Waals surface area contributed by atoms with Crippen molar-refractivity contribution in [2.75, 3.05) is 7.05 Å². The lowest BCUT2D eigenvalue weighted by Gasteiger charge is -2.33. The molecule has 3 nitrogen and oxygen atoms in total. The van der Waals surface area contributed by atoms with Gasteiger partial charge in [-0.3, -0.25) is 4.90 Å². The van der Waals surface area contributed by atoms with Gasteiger partial charge in [0, 0.05) is 12.1 Å². The molecule has 0 aromatic carbocycles. The molecule has 1 N–H and O–H groups in total. The predicted octanol–water partition coefficient (Wildman–Crippen LogP) is 4.10. The van der Waals surface area contributed by atoms with E-state index in [0.29, 0.717) is 6.04 Å². The van der Waals surface area contributed by atoms with Crippen molar-refractivity contribution >= 4 is 0 Å². The summed E-state index contributed by atoms with van der Waals surface area (Å²) in [4.78, 5) is 2.48. The van der Waals surface area contributed by atoms with Crippen molar-refractivity contribution in [2.24, 2.45) is 5.92 Å². The molecule has 3 heteroatoms. The van der Waals surface area contributed by atoms with Crippen molar-refractivity contribution in [3.63, 3.8) is 0 Å². The van der Waals surface area contributed by atoms with E-state index in [4.69, 9.17) is 4.42 Å². The van der Waals surface area contributed by atoms with E-state index in [0.717, 1.165) is 36.6 Å². The van der Waals surface area contributed by atoms with Crippen LogP contribution in [0.1, 0.15) is 63.5 Å². The standard InChI is InChI=1S/C18H32N2O/c1-13(2)19-11-18-15(4)10-17(21-18)12-20(5)16-8-6-14(3)7-9-16/h10,13-14,16,19H,6-9,11-12H2,1-5H3. The lowest BCUT2D eigenvalue weighted by Crippen LogP contribution is -2.34. The van der Waals surface area contributed by atoms with E-state index in [-0.39, 0.29) is 0 Å². The van der Waals surface area contributed by atoms with Crippen molar-refractivity contribution in [3.05, 3.63) is 23.2 Å². The van der Waals surface area contributed by atoms with E-state index in [1.807, 2.05) is 0 Å². The minimum atomic E-state index is 0.491. The second kappa shape index (κ2) is 7.46. The van der Waals surface area contributed by atoms with Crippen LogP contribution in [0, 0.1) is 12.8 Å². The second-order valence-electron chi connectivity index (χ2n) is 7.18. The number of nitrogens with one attached hydrogen (secondary N) is 1. The van der Waals surface area contributed by atoms with E-state index in [1.165, 1.54) is 31.2 Å². The number of hydrogen-bond donors (Lipinski definition) is 1. The third-order valence-electron chi connectivity index (χ3n) is 4.76. The Morgan fingerprint density at radius 3 is 2.57 bits per heavy atom.